The molecule has 0 unspecified atom stereocenters. The summed E-state index contributed by atoms with van der Waals surface area (Å²) in [5.41, 5.74) is 0.633. The van der Waals surface area contributed by atoms with Crippen molar-refractivity contribution < 1.29 is 8.42 Å². The fourth-order valence-electron chi connectivity index (χ4n) is 2.38. The van der Waals surface area contributed by atoms with Crippen LogP contribution in [0.4, 0.5) is 17.5 Å². The summed E-state index contributed by atoms with van der Waals surface area (Å²) >= 11 is 5.89. The van der Waals surface area contributed by atoms with Gasteiger partial charge in [0.2, 0.25) is 10.0 Å². The van der Waals surface area contributed by atoms with Gasteiger partial charge >= 0.3 is 0 Å². The third-order valence-corrected chi connectivity index (χ3v) is 5.18. The van der Waals surface area contributed by atoms with Gasteiger partial charge in [0.15, 0.2) is 0 Å². The highest BCUT2D eigenvalue weighted by Crippen LogP contribution is 2.14. The van der Waals surface area contributed by atoms with Gasteiger partial charge in [-0.1, -0.05) is 29.8 Å². The Kier molecular flexibility index (Phi) is 6.75. The average Bonchev–Trinajstić information content (AvgIpc) is 2.66. The zero-order chi connectivity index (χ0) is 19.8. The van der Waals surface area contributed by atoms with Crippen LogP contribution in [0, 0.1) is 0 Å². The van der Waals surface area contributed by atoms with Gasteiger partial charge in [0, 0.05) is 30.4 Å². The van der Waals surface area contributed by atoms with Crippen LogP contribution >= 0.6 is 11.6 Å². The smallest absolute Gasteiger partial charge is 0.215 e. The van der Waals surface area contributed by atoms with Crippen molar-refractivity contribution in [2.24, 2.45) is 0 Å². The zero-order valence-corrected chi connectivity index (χ0v) is 16.4. The predicted molar refractivity (Wildman–Crippen MR) is 110 cm³/mol. The second kappa shape index (κ2) is 9.45. The van der Waals surface area contributed by atoms with Gasteiger partial charge in [-0.05, 0) is 29.8 Å². The van der Waals surface area contributed by atoms with Crippen LogP contribution in [-0.4, -0.2) is 36.5 Å². The molecule has 0 fully saturated rings. The first kappa shape index (κ1) is 20.0. The number of rotatable bonds is 9. The van der Waals surface area contributed by atoms with E-state index in [-0.39, 0.29) is 12.3 Å². The highest BCUT2D eigenvalue weighted by atomic mass is 35.5. The van der Waals surface area contributed by atoms with Gasteiger partial charge in [0.1, 0.15) is 23.8 Å². The standard InChI is InChI=1S/C18H19ClN6O2S/c19-15-5-3-4-14(10-15)12-28(26,27)24-9-8-21-17-11-18(23-13-22-17)25-16-6-1-2-7-20-16/h1-7,10-11,13,24H,8-9,12H2,(H2,20,21,22,23,25). The predicted octanol–water partition coefficient (Wildman–Crippen LogP) is 2.80. The molecule has 0 aliphatic heterocycles. The first-order chi connectivity index (χ1) is 13.5. The molecule has 0 atom stereocenters. The maximum Gasteiger partial charge on any atom is 0.215 e. The second-order valence-electron chi connectivity index (χ2n) is 5.84. The molecule has 0 saturated heterocycles. The summed E-state index contributed by atoms with van der Waals surface area (Å²) in [5.74, 6) is 1.69. The average molecular weight is 419 g/mol. The lowest BCUT2D eigenvalue weighted by Crippen LogP contribution is -2.30. The Morgan fingerprint density at radius 1 is 0.893 bits per heavy atom. The summed E-state index contributed by atoms with van der Waals surface area (Å²) in [7, 11) is -3.46. The molecule has 8 nitrogen and oxygen atoms in total. The SMILES string of the molecule is O=S(=O)(Cc1cccc(Cl)c1)NCCNc1cc(Nc2ccccn2)ncn1. The molecule has 0 radical (unpaired) electrons. The molecular weight excluding hydrogens is 400 g/mol. The van der Waals surface area contributed by atoms with E-state index in [1.54, 1.807) is 36.5 Å². The van der Waals surface area contributed by atoms with Gasteiger partial charge in [0.05, 0.1) is 5.75 Å². The monoisotopic (exact) mass is 418 g/mol. The van der Waals surface area contributed by atoms with Crippen LogP contribution in [0.15, 0.2) is 61.1 Å². The van der Waals surface area contributed by atoms with Crippen molar-refractivity contribution in [1.82, 2.24) is 19.7 Å². The summed E-state index contributed by atoms with van der Waals surface area (Å²) in [6.07, 6.45) is 3.09. The van der Waals surface area contributed by atoms with E-state index in [1.807, 2.05) is 18.2 Å². The molecule has 0 saturated carbocycles. The van der Waals surface area contributed by atoms with E-state index in [1.165, 1.54) is 6.33 Å². The molecule has 146 valence electrons. The lowest BCUT2D eigenvalue weighted by atomic mass is 10.2. The van der Waals surface area contributed by atoms with Crippen LogP contribution < -0.4 is 15.4 Å². The van der Waals surface area contributed by atoms with Crippen molar-refractivity contribution in [1.29, 1.82) is 0 Å². The molecule has 3 N–H and O–H groups in total. The highest BCUT2D eigenvalue weighted by molar-refractivity contribution is 7.88. The van der Waals surface area contributed by atoms with Gasteiger partial charge in [-0.2, -0.15) is 0 Å². The van der Waals surface area contributed by atoms with Gasteiger partial charge in [0.25, 0.3) is 0 Å². The van der Waals surface area contributed by atoms with Crippen LogP contribution in [0.3, 0.4) is 0 Å². The molecule has 0 spiro atoms. The Bertz CT molecular complexity index is 1020. The number of nitrogens with one attached hydrogen (secondary N) is 3. The summed E-state index contributed by atoms with van der Waals surface area (Å²) in [4.78, 5) is 12.4. The van der Waals surface area contributed by atoms with Gasteiger partial charge in [-0.3, -0.25) is 0 Å². The van der Waals surface area contributed by atoms with E-state index < -0.39 is 10.0 Å². The molecule has 0 bridgehead atoms. The third-order valence-electron chi connectivity index (χ3n) is 3.59. The summed E-state index contributed by atoms with van der Waals surface area (Å²) in [6.45, 7) is 0.588. The van der Waals surface area contributed by atoms with E-state index >= 15 is 0 Å². The van der Waals surface area contributed by atoms with E-state index in [2.05, 4.69) is 30.3 Å². The lowest BCUT2D eigenvalue weighted by Gasteiger charge is -2.10. The zero-order valence-electron chi connectivity index (χ0n) is 14.8. The number of nitrogens with zero attached hydrogens (tertiary/aromatic N) is 3. The minimum absolute atomic E-state index is 0.126. The Morgan fingerprint density at radius 2 is 1.75 bits per heavy atom. The van der Waals surface area contributed by atoms with Crippen LogP contribution in [0.25, 0.3) is 0 Å². The fraction of sp³-hybridized carbons (Fsp3) is 0.167. The van der Waals surface area contributed by atoms with Gasteiger partial charge in [-0.25, -0.2) is 28.1 Å². The molecule has 1 aromatic carbocycles. The minimum atomic E-state index is -3.46. The molecule has 28 heavy (non-hydrogen) atoms. The van der Waals surface area contributed by atoms with Crippen molar-refractivity contribution in [3.63, 3.8) is 0 Å². The van der Waals surface area contributed by atoms with Crippen LogP contribution in [0.2, 0.25) is 5.02 Å². The number of anilines is 3. The number of benzene rings is 1. The maximum absolute atomic E-state index is 12.2. The largest absolute Gasteiger partial charge is 0.369 e. The first-order valence-electron chi connectivity index (χ1n) is 8.46. The molecule has 10 heteroatoms. The Balaban J connectivity index is 1.47. The second-order valence-corrected chi connectivity index (χ2v) is 8.08. The number of sulfonamides is 1. The molecular formula is C18H19ClN6O2S. The molecule has 0 aliphatic carbocycles. The Hall–Kier alpha value is -2.75. The lowest BCUT2D eigenvalue weighted by molar-refractivity contribution is 0.582. The van der Waals surface area contributed by atoms with E-state index in [0.29, 0.717) is 34.6 Å². The van der Waals surface area contributed by atoms with Crippen molar-refractivity contribution in [3.8, 4) is 0 Å². The Labute approximate surface area is 168 Å². The van der Waals surface area contributed by atoms with Gasteiger partial charge in [-0.15, -0.1) is 0 Å². The van der Waals surface area contributed by atoms with Crippen molar-refractivity contribution >= 4 is 39.1 Å². The molecule has 2 aromatic heterocycles. The molecule has 0 aliphatic rings. The minimum Gasteiger partial charge on any atom is -0.369 e. The van der Waals surface area contributed by atoms with Crippen LogP contribution in [0.5, 0.6) is 0 Å². The Morgan fingerprint density at radius 3 is 2.54 bits per heavy atom. The van der Waals surface area contributed by atoms with Crippen LogP contribution in [-0.2, 0) is 15.8 Å². The van der Waals surface area contributed by atoms with Crippen molar-refractivity contribution in [3.05, 3.63) is 71.6 Å². The van der Waals surface area contributed by atoms with Crippen molar-refractivity contribution in [2.75, 3.05) is 23.7 Å². The van der Waals surface area contributed by atoms with E-state index in [0.717, 1.165) is 0 Å². The van der Waals surface area contributed by atoms with Gasteiger partial charge < -0.3 is 10.6 Å². The number of halogens is 1. The highest BCUT2D eigenvalue weighted by Gasteiger charge is 2.11. The molecule has 3 rings (SSSR count). The van der Waals surface area contributed by atoms with E-state index in [9.17, 15) is 8.42 Å². The summed E-state index contributed by atoms with van der Waals surface area (Å²) in [6, 6.07) is 14.0. The normalized spacial score (nSPS) is 11.2. The number of aromatic nitrogens is 3. The summed E-state index contributed by atoms with van der Waals surface area (Å²) in [5, 5.41) is 6.63. The first-order valence-corrected chi connectivity index (χ1v) is 10.5. The van der Waals surface area contributed by atoms with Crippen LogP contribution in [0.1, 0.15) is 5.56 Å². The number of hydrogen-bond donors (Lipinski definition) is 3. The van der Waals surface area contributed by atoms with E-state index in [4.69, 9.17) is 11.6 Å². The molecule has 2 heterocycles. The fourth-order valence-corrected chi connectivity index (χ4v) is 3.73. The molecule has 0 amide bonds. The quantitative estimate of drug-likeness (QED) is 0.458. The molecule has 3 aromatic rings. The number of pyridine rings is 1. The summed E-state index contributed by atoms with van der Waals surface area (Å²) < 4.78 is 26.9. The maximum atomic E-state index is 12.2. The van der Waals surface area contributed by atoms with Crippen molar-refractivity contribution in [2.45, 2.75) is 5.75 Å². The third kappa shape index (κ3) is 6.45. The topological polar surface area (TPSA) is 109 Å². The number of hydrogen-bond acceptors (Lipinski definition) is 7.